The molecule has 3 heterocycles. The van der Waals surface area contributed by atoms with Gasteiger partial charge in [-0.2, -0.15) is 0 Å². The number of furan rings is 1. The molecule has 0 amide bonds. The summed E-state index contributed by atoms with van der Waals surface area (Å²) in [5.41, 5.74) is 1.77. The summed E-state index contributed by atoms with van der Waals surface area (Å²) in [6, 6.07) is 3.36. The van der Waals surface area contributed by atoms with Crippen LogP contribution in [0.1, 0.15) is 23.3 Å². The monoisotopic (exact) mass is 233 g/mol. The number of fused-ring (bicyclic) bond motifs is 1. The van der Waals surface area contributed by atoms with Gasteiger partial charge in [-0.3, -0.25) is 0 Å². The summed E-state index contributed by atoms with van der Waals surface area (Å²) >= 11 is 0. The molecule has 2 aromatic rings. The Morgan fingerprint density at radius 3 is 3.18 bits per heavy atom. The first-order chi connectivity index (χ1) is 8.22. The van der Waals surface area contributed by atoms with Crippen LogP contribution in [0.2, 0.25) is 0 Å². The molecule has 17 heavy (non-hydrogen) atoms. The van der Waals surface area contributed by atoms with E-state index < -0.39 is 12.3 Å². The molecule has 1 atom stereocenters. The Kier molecular flexibility index (Phi) is 2.18. The number of allylic oxidation sites excluding steroid dienone is 1. The highest BCUT2D eigenvalue weighted by atomic mass is 16.7. The molecular formula is C12H11NO4. The summed E-state index contributed by atoms with van der Waals surface area (Å²) < 4.78 is 15.6. The Balaban J connectivity index is 1.73. The molecule has 1 saturated heterocycles. The van der Waals surface area contributed by atoms with Crippen LogP contribution in [0.15, 0.2) is 35.2 Å². The van der Waals surface area contributed by atoms with Crippen LogP contribution in [0.4, 0.5) is 0 Å². The Morgan fingerprint density at radius 1 is 1.59 bits per heavy atom. The molecule has 3 rings (SSSR count). The van der Waals surface area contributed by atoms with Crippen molar-refractivity contribution in [1.29, 1.82) is 0 Å². The van der Waals surface area contributed by atoms with Crippen molar-refractivity contribution in [3.05, 3.63) is 36.4 Å². The number of esters is 1. The van der Waals surface area contributed by atoms with Gasteiger partial charge in [0.15, 0.2) is 5.58 Å². The largest absolute Gasteiger partial charge is 0.463 e. The lowest BCUT2D eigenvalue weighted by atomic mass is 10.3. The molecule has 5 heteroatoms. The van der Waals surface area contributed by atoms with Gasteiger partial charge in [0.25, 0.3) is 0 Å². The highest BCUT2D eigenvalue weighted by Crippen LogP contribution is 2.23. The van der Waals surface area contributed by atoms with Crippen molar-refractivity contribution in [3.63, 3.8) is 0 Å². The number of carbonyl (C=O) groups excluding carboxylic acids is 1. The van der Waals surface area contributed by atoms with Crippen LogP contribution >= 0.6 is 0 Å². The minimum atomic E-state index is -0.524. The van der Waals surface area contributed by atoms with Crippen LogP contribution in [0.5, 0.6) is 0 Å². The normalized spacial score (nSPS) is 19.5. The SMILES string of the molecule is C=C1CCC(OC(=O)c2cc3occc3[nH]2)O1. The Hall–Kier alpha value is -2.17. The van der Waals surface area contributed by atoms with Crippen molar-refractivity contribution < 1.29 is 18.7 Å². The first-order valence-corrected chi connectivity index (χ1v) is 5.34. The summed E-state index contributed by atoms with van der Waals surface area (Å²) in [5, 5.41) is 0. The molecule has 0 radical (unpaired) electrons. The predicted octanol–water partition coefficient (Wildman–Crippen LogP) is 2.57. The average molecular weight is 233 g/mol. The maximum Gasteiger partial charge on any atom is 0.357 e. The van der Waals surface area contributed by atoms with Gasteiger partial charge in [-0.05, 0) is 0 Å². The maximum atomic E-state index is 11.8. The zero-order valence-corrected chi connectivity index (χ0v) is 9.06. The third-order valence-corrected chi connectivity index (χ3v) is 2.66. The summed E-state index contributed by atoms with van der Waals surface area (Å²) in [7, 11) is 0. The highest BCUT2D eigenvalue weighted by molar-refractivity contribution is 5.93. The van der Waals surface area contributed by atoms with Gasteiger partial charge in [0.2, 0.25) is 6.29 Å². The molecule has 1 aliphatic heterocycles. The van der Waals surface area contributed by atoms with E-state index in [1.54, 1.807) is 18.4 Å². The van der Waals surface area contributed by atoms with Crippen molar-refractivity contribution in [1.82, 2.24) is 4.98 Å². The van der Waals surface area contributed by atoms with Crippen LogP contribution in [-0.4, -0.2) is 17.2 Å². The van der Waals surface area contributed by atoms with Gasteiger partial charge in [0.05, 0.1) is 17.5 Å². The highest BCUT2D eigenvalue weighted by Gasteiger charge is 2.24. The van der Waals surface area contributed by atoms with Gasteiger partial charge < -0.3 is 18.9 Å². The van der Waals surface area contributed by atoms with E-state index in [9.17, 15) is 4.79 Å². The first kappa shape index (κ1) is 10.0. The van der Waals surface area contributed by atoms with Crippen molar-refractivity contribution in [2.45, 2.75) is 19.1 Å². The van der Waals surface area contributed by atoms with E-state index in [1.807, 2.05) is 0 Å². The van der Waals surface area contributed by atoms with E-state index in [4.69, 9.17) is 13.9 Å². The number of aromatic amines is 1. The molecule has 0 aliphatic carbocycles. The number of ether oxygens (including phenoxy) is 2. The molecule has 2 aromatic heterocycles. The van der Waals surface area contributed by atoms with E-state index >= 15 is 0 Å². The van der Waals surface area contributed by atoms with Gasteiger partial charge in [0, 0.05) is 25.0 Å². The van der Waals surface area contributed by atoms with Crippen molar-refractivity contribution in [2.24, 2.45) is 0 Å². The van der Waals surface area contributed by atoms with Gasteiger partial charge in [-0.25, -0.2) is 4.79 Å². The van der Waals surface area contributed by atoms with Gasteiger partial charge in [-0.1, -0.05) is 6.58 Å². The van der Waals surface area contributed by atoms with Gasteiger partial charge in [0.1, 0.15) is 5.69 Å². The smallest absolute Gasteiger partial charge is 0.357 e. The van der Waals surface area contributed by atoms with Crippen molar-refractivity contribution in [2.75, 3.05) is 0 Å². The Morgan fingerprint density at radius 2 is 2.47 bits per heavy atom. The molecule has 1 aliphatic rings. The number of H-pyrrole nitrogens is 1. The van der Waals surface area contributed by atoms with E-state index in [-0.39, 0.29) is 0 Å². The lowest BCUT2D eigenvalue weighted by Gasteiger charge is -2.10. The maximum absolute atomic E-state index is 11.8. The topological polar surface area (TPSA) is 64.5 Å². The molecule has 1 unspecified atom stereocenters. The van der Waals surface area contributed by atoms with Crippen LogP contribution < -0.4 is 0 Å². The first-order valence-electron chi connectivity index (χ1n) is 5.34. The molecule has 0 bridgehead atoms. The minimum absolute atomic E-state index is 0.362. The zero-order chi connectivity index (χ0) is 11.8. The zero-order valence-electron chi connectivity index (χ0n) is 9.06. The molecular weight excluding hydrogens is 222 g/mol. The summed E-state index contributed by atoms with van der Waals surface area (Å²) in [6.45, 7) is 3.67. The van der Waals surface area contributed by atoms with Crippen molar-refractivity contribution >= 4 is 17.1 Å². The van der Waals surface area contributed by atoms with E-state index in [1.165, 1.54) is 0 Å². The minimum Gasteiger partial charge on any atom is -0.463 e. The lowest BCUT2D eigenvalue weighted by molar-refractivity contribution is -0.0605. The summed E-state index contributed by atoms with van der Waals surface area (Å²) in [4.78, 5) is 14.7. The number of hydrogen-bond acceptors (Lipinski definition) is 4. The third-order valence-electron chi connectivity index (χ3n) is 2.66. The number of hydrogen-bond donors (Lipinski definition) is 1. The fraction of sp³-hybridized carbons (Fsp3) is 0.250. The number of aromatic nitrogens is 1. The quantitative estimate of drug-likeness (QED) is 0.809. The van der Waals surface area contributed by atoms with Crippen molar-refractivity contribution in [3.8, 4) is 0 Å². The number of nitrogens with one attached hydrogen (secondary N) is 1. The van der Waals surface area contributed by atoms with Crippen LogP contribution in [0, 0.1) is 0 Å². The molecule has 0 aromatic carbocycles. The lowest BCUT2D eigenvalue weighted by Crippen LogP contribution is -2.16. The van der Waals surface area contributed by atoms with E-state index in [2.05, 4.69) is 11.6 Å². The van der Waals surface area contributed by atoms with E-state index in [0.29, 0.717) is 23.5 Å². The third kappa shape index (κ3) is 1.80. The molecule has 0 saturated carbocycles. The Bertz CT molecular complexity index is 552. The summed E-state index contributed by atoms with van der Waals surface area (Å²) in [6.07, 6.45) is 2.41. The van der Waals surface area contributed by atoms with E-state index in [0.717, 1.165) is 11.9 Å². The van der Waals surface area contributed by atoms with Crippen LogP contribution in [0.25, 0.3) is 11.1 Å². The second-order valence-corrected chi connectivity index (χ2v) is 3.91. The molecule has 5 nitrogen and oxygen atoms in total. The second kappa shape index (κ2) is 3.69. The summed E-state index contributed by atoms with van der Waals surface area (Å²) in [5.74, 6) is 0.208. The molecule has 1 N–H and O–H groups in total. The number of rotatable bonds is 2. The predicted molar refractivity (Wildman–Crippen MR) is 59.2 cm³/mol. The van der Waals surface area contributed by atoms with Crippen LogP contribution in [-0.2, 0) is 9.47 Å². The Labute approximate surface area is 97.0 Å². The van der Waals surface area contributed by atoms with Crippen LogP contribution in [0.3, 0.4) is 0 Å². The fourth-order valence-electron chi connectivity index (χ4n) is 1.81. The second-order valence-electron chi connectivity index (χ2n) is 3.91. The molecule has 1 fully saturated rings. The number of carbonyl (C=O) groups is 1. The average Bonchev–Trinajstić information content (AvgIpc) is 2.92. The van der Waals surface area contributed by atoms with Gasteiger partial charge in [-0.15, -0.1) is 0 Å². The standard InChI is InChI=1S/C12H11NO4/c1-7-2-3-11(16-7)17-12(14)9-6-10-8(13-9)4-5-15-10/h4-6,11,13H,1-3H2. The fourth-order valence-corrected chi connectivity index (χ4v) is 1.81. The van der Waals surface area contributed by atoms with Gasteiger partial charge >= 0.3 is 5.97 Å². The molecule has 0 spiro atoms. The molecule has 88 valence electrons.